The quantitative estimate of drug-likeness (QED) is 0.801. The molecule has 0 amide bonds. The number of phenolic OH excluding ortho intramolecular Hbond substituents is 1. The number of phenols is 1. The van der Waals surface area contributed by atoms with Crippen molar-refractivity contribution >= 4 is 19.7 Å². The molecule has 1 rings (SSSR count). The zero-order valence-corrected chi connectivity index (χ0v) is 12.4. The van der Waals surface area contributed by atoms with Crippen LogP contribution in [-0.2, 0) is 26.1 Å². The third-order valence-electron chi connectivity index (χ3n) is 2.72. The van der Waals surface area contributed by atoms with E-state index in [2.05, 4.69) is 0 Å². The van der Waals surface area contributed by atoms with E-state index in [0.29, 0.717) is 0 Å². The van der Waals surface area contributed by atoms with E-state index in [1.807, 2.05) is 0 Å². The second-order valence-corrected chi connectivity index (χ2v) is 8.79. The van der Waals surface area contributed by atoms with Crippen LogP contribution in [0.15, 0.2) is 24.3 Å². The van der Waals surface area contributed by atoms with Gasteiger partial charge in [-0.1, -0.05) is 18.2 Å². The molecule has 1 N–H and O–H groups in total. The molecule has 0 heterocycles. The molecule has 0 radical (unpaired) electrons. The summed E-state index contributed by atoms with van der Waals surface area (Å²) in [6.45, 7) is 0. The second kappa shape index (κ2) is 5.85. The number of hydrogen-bond donors (Lipinski definition) is 1. The van der Waals surface area contributed by atoms with Crippen LogP contribution in [0.4, 0.5) is 26.3 Å². The zero-order valence-electron chi connectivity index (χ0n) is 10.8. The fraction of sp³-hybridized carbons (Fsp3) is 0.400. The first-order valence-electron chi connectivity index (χ1n) is 5.49. The van der Waals surface area contributed by atoms with Crippen molar-refractivity contribution in [3.05, 3.63) is 29.8 Å². The van der Waals surface area contributed by atoms with Crippen molar-refractivity contribution < 1.29 is 48.3 Å². The zero-order chi connectivity index (χ0) is 18.3. The van der Waals surface area contributed by atoms with Gasteiger partial charge in [0, 0.05) is 6.42 Å². The number of para-hydroxylation sites is 1. The summed E-state index contributed by atoms with van der Waals surface area (Å²) in [5.74, 6) is -0.841. The van der Waals surface area contributed by atoms with E-state index >= 15 is 0 Å². The predicted octanol–water partition coefficient (Wildman–Crippen LogP) is 2.13. The highest BCUT2D eigenvalue weighted by Crippen LogP contribution is 2.38. The van der Waals surface area contributed by atoms with Crippen LogP contribution < -0.4 is 0 Å². The highest BCUT2D eigenvalue weighted by molar-refractivity contribution is 8.09. The minimum Gasteiger partial charge on any atom is -0.508 e. The Labute approximate surface area is 126 Å². The van der Waals surface area contributed by atoms with Crippen molar-refractivity contribution in [2.45, 2.75) is 22.0 Å². The summed E-state index contributed by atoms with van der Waals surface area (Å²) in [5.41, 5.74) is -13.1. The van der Waals surface area contributed by atoms with E-state index in [4.69, 9.17) is 0 Å². The maximum Gasteiger partial charge on any atom is 0.498 e. The minimum atomic E-state index is -6.71. The highest BCUT2D eigenvalue weighted by atomic mass is 32.3. The first kappa shape index (κ1) is 19.5. The Hall–Kier alpha value is -1.50. The van der Waals surface area contributed by atoms with E-state index in [1.165, 1.54) is 0 Å². The lowest BCUT2D eigenvalue weighted by Gasteiger charge is -2.21. The summed E-state index contributed by atoms with van der Waals surface area (Å²) >= 11 is 0. The van der Waals surface area contributed by atoms with Crippen molar-refractivity contribution in [1.82, 2.24) is 0 Å². The Bertz CT molecular complexity index is 735. The molecule has 132 valence electrons. The highest BCUT2D eigenvalue weighted by Gasteiger charge is 2.62. The molecular weight excluding hydrogens is 378 g/mol. The van der Waals surface area contributed by atoms with Gasteiger partial charge in [0.1, 0.15) is 5.75 Å². The summed E-state index contributed by atoms with van der Waals surface area (Å²) in [5, 5.41) is 9.34. The summed E-state index contributed by atoms with van der Waals surface area (Å²) in [4.78, 5) is 0. The van der Waals surface area contributed by atoms with Crippen LogP contribution in [0.25, 0.3) is 0 Å². The second-order valence-electron chi connectivity index (χ2n) is 4.24. The normalized spacial score (nSPS) is 14.2. The fourth-order valence-corrected chi connectivity index (χ4v) is 4.93. The van der Waals surface area contributed by atoms with Crippen LogP contribution in [0.5, 0.6) is 5.75 Å². The molecule has 0 aliphatic carbocycles. The number of rotatable bonds is 4. The molecule has 0 aromatic heterocycles. The lowest BCUT2D eigenvalue weighted by atomic mass is 10.1. The third-order valence-corrected chi connectivity index (χ3v) is 7.24. The number of sulfone groups is 2. The van der Waals surface area contributed by atoms with Gasteiger partial charge in [0.05, 0.1) is 0 Å². The minimum absolute atomic E-state index is 0.696. The van der Waals surface area contributed by atoms with E-state index in [9.17, 15) is 48.3 Å². The Morgan fingerprint density at radius 1 is 0.870 bits per heavy atom. The molecule has 0 spiro atoms. The monoisotopic (exact) mass is 386 g/mol. The topological polar surface area (TPSA) is 88.5 Å². The largest absolute Gasteiger partial charge is 0.508 e. The van der Waals surface area contributed by atoms with Crippen molar-refractivity contribution in [1.29, 1.82) is 0 Å². The van der Waals surface area contributed by atoms with Gasteiger partial charge in [0.15, 0.2) is 4.58 Å². The molecular formula is C10H8F6O5S2. The SMILES string of the molecule is O=S(=O)(C(Cc1ccccc1O)S(=O)(=O)C(F)(F)F)C(F)(F)F. The Morgan fingerprint density at radius 2 is 1.26 bits per heavy atom. The maximum absolute atomic E-state index is 12.5. The van der Waals surface area contributed by atoms with E-state index < -0.39 is 53.0 Å². The summed E-state index contributed by atoms with van der Waals surface area (Å²) in [6.07, 6.45) is -1.71. The van der Waals surface area contributed by atoms with Crippen molar-refractivity contribution in [3.8, 4) is 5.75 Å². The number of alkyl halides is 6. The Balaban J connectivity index is 3.56. The average molecular weight is 386 g/mol. The van der Waals surface area contributed by atoms with Crippen molar-refractivity contribution in [2.75, 3.05) is 0 Å². The first-order valence-corrected chi connectivity index (χ1v) is 8.59. The van der Waals surface area contributed by atoms with Crippen LogP contribution in [0.3, 0.4) is 0 Å². The van der Waals surface area contributed by atoms with Crippen LogP contribution >= 0.6 is 0 Å². The molecule has 5 nitrogen and oxygen atoms in total. The maximum atomic E-state index is 12.5. The fourth-order valence-electron chi connectivity index (χ4n) is 1.55. The number of benzene rings is 1. The first-order chi connectivity index (χ1) is 10.1. The predicted molar refractivity (Wildman–Crippen MR) is 65.5 cm³/mol. The van der Waals surface area contributed by atoms with Gasteiger partial charge in [-0.05, 0) is 11.6 Å². The van der Waals surface area contributed by atoms with Crippen LogP contribution in [0.2, 0.25) is 0 Å². The van der Waals surface area contributed by atoms with Crippen LogP contribution in [0, 0.1) is 0 Å². The molecule has 0 aliphatic rings. The molecule has 0 saturated carbocycles. The lowest BCUT2D eigenvalue weighted by Crippen LogP contribution is -2.46. The van der Waals surface area contributed by atoms with Gasteiger partial charge in [-0.3, -0.25) is 0 Å². The van der Waals surface area contributed by atoms with Gasteiger partial charge in [-0.25, -0.2) is 16.8 Å². The van der Waals surface area contributed by atoms with Gasteiger partial charge in [0.2, 0.25) is 0 Å². The molecule has 0 atom stereocenters. The molecule has 1 aromatic carbocycles. The van der Waals surface area contributed by atoms with Crippen molar-refractivity contribution in [3.63, 3.8) is 0 Å². The summed E-state index contributed by atoms with van der Waals surface area (Å²) in [6, 6.07) is 3.89. The average Bonchev–Trinajstić information content (AvgIpc) is 2.34. The van der Waals surface area contributed by atoms with Gasteiger partial charge in [-0.2, -0.15) is 26.3 Å². The van der Waals surface area contributed by atoms with Gasteiger partial charge in [0.25, 0.3) is 19.7 Å². The molecule has 23 heavy (non-hydrogen) atoms. The van der Waals surface area contributed by atoms with Crippen molar-refractivity contribution in [2.24, 2.45) is 0 Å². The van der Waals surface area contributed by atoms with Gasteiger partial charge in [-0.15, -0.1) is 0 Å². The molecule has 0 bridgehead atoms. The van der Waals surface area contributed by atoms with Crippen LogP contribution in [0.1, 0.15) is 5.56 Å². The van der Waals surface area contributed by atoms with E-state index in [-0.39, 0.29) is 0 Å². The molecule has 0 aliphatic heterocycles. The Kier molecular flexibility index (Phi) is 4.97. The molecule has 0 saturated heterocycles. The number of aromatic hydroxyl groups is 1. The van der Waals surface area contributed by atoms with Gasteiger partial charge < -0.3 is 5.11 Å². The summed E-state index contributed by atoms with van der Waals surface area (Å²) in [7, 11) is -13.4. The number of halogens is 6. The third kappa shape index (κ3) is 3.71. The van der Waals surface area contributed by atoms with Crippen LogP contribution in [-0.4, -0.2) is 37.5 Å². The molecule has 0 unspecified atom stereocenters. The van der Waals surface area contributed by atoms with Gasteiger partial charge >= 0.3 is 11.0 Å². The van der Waals surface area contributed by atoms with E-state index in [0.717, 1.165) is 24.3 Å². The van der Waals surface area contributed by atoms with E-state index in [1.54, 1.807) is 0 Å². The molecule has 0 fully saturated rings. The number of hydrogen-bond acceptors (Lipinski definition) is 5. The molecule has 13 heteroatoms. The smallest absolute Gasteiger partial charge is 0.498 e. The molecule has 1 aromatic rings. The lowest BCUT2D eigenvalue weighted by molar-refractivity contribution is -0.0471. The Morgan fingerprint density at radius 3 is 1.61 bits per heavy atom. The summed E-state index contributed by atoms with van der Waals surface area (Å²) < 4.78 is 116. The standard InChI is InChI=1S/C10H8F6O5S2/c11-9(12,13)22(18,19)8(23(20,21)10(14,15)16)5-6-3-1-2-4-7(6)17/h1-4,8,17H,5H2.